The smallest absolute Gasteiger partial charge is 0.387 e. The third-order valence-electron chi connectivity index (χ3n) is 3.04. The molecule has 0 fully saturated rings. The van der Waals surface area contributed by atoms with Gasteiger partial charge in [0.15, 0.2) is 11.5 Å². The van der Waals surface area contributed by atoms with Gasteiger partial charge in [-0.05, 0) is 24.3 Å². The van der Waals surface area contributed by atoms with Crippen molar-refractivity contribution in [2.45, 2.75) is 6.61 Å². The molecule has 0 bridgehead atoms. The fraction of sp³-hybridized carbons (Fsp3) is 0.133. The molecule has 2 aromatic carbocycles. The number of carbonyl (C=O) groups is 1. The maximum absolute atomic E-state index is 12.4. The second-order valence-electron chi connectivity index (χ2n) is 4.62. The topological polar surface area (TPSA) is 90.7 Å². The predicted molar refractivity (Wildman–Crippen MR) is 85.7 cm³/mol. The Labute approximate surface area is 145 Å². The van der Waals surface area contributed by atoms with Crippen molar-refractivity contribution in [3.05, 3.63) is 57.1 Å². The van der Waals surface area contributed by atoms with Crippen molar-refractivity contribution in [2.24, 2.45) is 0 Å². The number of nitrogens with zero attached hydrogens (tertiary/aromatic N) is 1. The van der Waals surface area contributed by atoms with Gasteiger partial charge in [0.1, 0.15) is 5.02 Å². The van der Waals surface area contributed by atoms with Crippen LogP contribution < -0.4 is 14.8 Å². The number of nitro benzene ring substituents is 1. The summed E-state index contributed by atoms with van der Waals surface area (Å²) in [7, 11) is 1.28. The molecule has 25 heavy (non-hydrogen) atoms. The quantitative estimate of drug-likeness (QED) is 0.608. The summed E-state index contributed by atoms with van der Waals surface area (Å²) in [5, 5.41) is 13.2. The first-order valence-electron chi connectivity index (χ1n) is 6.70. The number of amides is 1. The largest absolute Gasteiger partial charge is 0.493 e. The fourth-order valence-electron chi connectivity index (χ4n) is 1.94. The van der Waals surface area contributed by atoms with Crippen LogP contribution >= 0.6 is 11.6 Å². The Morgan fingerprint density at radius 3 is 2.56 bits per heavy atom. The molecule has 1 amide bonds. The highest BCUT2D eigenvalue weighted by atomic mass is 35.5. The maximum atomic E-state index is 12.4. The number of benzene rings is 2. The van der Waals surface area contributed by atoms with Gasteiger partial charge in [-0.25, -0.2) is 0 Å². The lowest BCUT2D eigenvalue weighted by atomic mass is 10.2. The van der Waals surface area contributed by atoms with E-state index in [1.807, 2.05) is 0 Å². The molecule has 0 aliphatic rings. The van der Waals surface area contributed by atoms with E-state index in [0.717, 1.165) is 12.1 Å². The van der Waals surface area contributed by atoms with E-state index >= 15 is 0 Å². The van der Waals surface area contributed by atoms with E-state index in [2.05, 4.69) is 10.1 Å². The minimum absolute atomic E-state index is 0.0248. The summed E-state index contributed by atoms with van der Waals surface area (Å²) in [6.07, 6.45) is 0. The lowest BCUT2D eigenvalue weighted by molar-refractivity contribution is -0.384. The highest BCUT2D eigenvalue weighted by molar-refractivity contribution is 6.32. The maximum Gasteiger partial charge on any atom is 0.387 e. The first-order valence-corrected chi connectivity index (χ1v) is 7.07. The first-order chi connectivity index (χ1) is 11.8. The van der Waals surface area contributed by atoms with Crippen LogP contribution in [0.5, 0.6) is 11.5 Å². The molecule has 2 aromatic rings. The number of halogens is 3. The SMILES string of the molecule is COc1ccc(NC(=O)c2ccc(Cl)c([N+](=O)[O-])c2)cc1OC(F)F. The van der Waals surface area contributed by atoms with Gasteiger partial charge in [-0.3, -0.25) is 14.9 Å². The van der Waals surface area contributed by atoms with Crippen molar-refractivity contribution < 1.29 is 28.0 Å². The Balaban J connectivity index is 2.26. The van der Waals surface area contributed by atoms with Crippen molar-refractivity contribution in [1.82, 2.24) is 0 Å². The highest BCUT2D eigenvalue weighted by Crippen LogP contribution is 2.32. The van der Waals surface area contributed by atoms with Gasteiger partial charge in [0.25, 0.3) is 11.6 Å². The van der Waals surface area contributed by atoms with Crippen molar-refractivity contribution in [2.75, 3.05) is 12.4 Å². The van der Waals surface area contributed by atoms with E-state index in [-0.39, 0.29) is 27.8 Å². The summed E-state index contributed by atoms with van der Waals surface area (Å²) < 4.78 is 34.0. The molecule has 0 spiro atoms. The minimum atomic E-state index is -3.07. The number of nitro groups is 1. The molecule has 0 atom stereocenters. The molecule has 2 rings (SSSR count). The Kier molecular flexibility index (Phi) is 5.71. The molecule has 0 saturated heterocycles. The van der Waals surface area contributed by atoms with Gasteiger partial charge in [0.2, 0.25) is 0 Å². The standard InChI is InChI=1S/C15H11ClF2N2O5/c1-24-12-5-3-9(7-13(12)25-15(17)18)19-14(21)8-2-4-10(16)11(6-8)20(22)23/h2-7,15H,1H3,(H,19,21). The van der Waals surface area contributed by atoms with Gasteiger partial charge in [-0.1, -0.05) is 11.6 Å². The zero-order valence-corrected chi connectivity index (χ0v) is 13.4. The van der Waals surface area contributed by atoms with Crippen LogP contribution in [-0.4, -0.2) is 24.6 Å². The van der Waals surface area contributed by atoms with Crippen LogP contribution in [0.2, 0.25) is 5.02 Å². The summed E-state index contributed by atoms with van der Waals surface area (Å²) in [5.41, 5.74) is -0.312. The number of anilines is 1. The minimum Gasteiger partial charge on any atom is -0.493 e. The lowest BCUT2D eigenvalue weighted by Gasteiger charge is -2.12. The molecule has 0 heterocycles. The van der Waals surface area contributed by atoms with E-state index in [9.17, 15) is 23.7 Å². The number of methoxy groups -OCH3 is 1. The average molecular weight is 373 g/mol. The van der Waals surface area contributed by atoms with Crippen LogP contribution in [-0.2, 0) is 0 Å². The molecule has 7 nitrogen and oxygen atoms in total. The second-order valence-corrected chi connectivity index (χ2v) is 5.03. The van der Waals surface area contributed by atoms with Crippen molar-refractivity contribution >= 4 is 28.9 Å². The Hall–Kier alpha value is -2.94. The summed E-state index contributed by atoms with van der Waals surface area (Å²) >= 11 is 5.68. The lowest BCUT2D eigenvalue weighted by Crippen LogP contribution is -2.12. The van der Waals surface area contributed by atoms with Crippen molar-refractivity contribution in [1.29, 1.82) is 0 Å². The molecule has 0 aromatic heterocycles. The predicted octanol–water partition coefficient (Wildman–Crippen LogP) is 4.11. The Morgan fingerprint density at radius 2 is 1.96 bits per heavy atom. The van der Waals surface area contributed by atoms with Crippen LogP contribution in [0.3, 0.4) is 0 Å². The molecule has 0 unspecified atom stereocenters. The Morgan fingerprint density at radius 1 is 1.24 bits per heavy atom. The second kappa shape index (κ2) is 7.75. The summed E-state index contributed by atoms with van der Waals surface area (Å²) in [4.78, 5) is 22.3. The molecule has 0 radical (unpaired) electrons. The summed E-state index contributed by atoms with van der Waals surface area (Å²) in [6, 6.07) is 7.40. The van der Waals surface area contributed by atoms with Gasteiger partial charge >= 0.3 is 6.61 Å². The van der Waals surface area contributed by atoms with Crippen LogP contribution in [0.4, 0.5) is 20.2 Å². The zero-order valence-electron chi connectivity index (χ0n) is 12.7. The summed E-state index contributed by atoms with van der Waals surface area (Å²) in [5.74, 6) is -0.897. The molecular weight excluding hydrogens is 362 g/mol. The first kappa shape index (κ1) is 18.4. The number of ether oxygens (including phenoxy) is 2. The summed E-state index contributed by atoms with van der Waals surface area (Å²) in [6.45, 7) is -3.07. The number of alkyl halides is 2. The van der Waals surface area contributed by atoms with Gasteiger partial charge in [0.05, 0.1) is 12.0 Å². The van der Waals surface area contributed by atoms with E-state index in [1.54, 1.807) is 0 Å². The number of carbonyl (C=O) groups excluding carboxylic acids is 1. The molecular formula is C15H11ClF2N2O5. The number of rotatable bonds is 6. The molecule has 10 heteroatoms. The van der Waals surface area contributed by atoms with E-state index < -0.39 is 23.1 Å². The van der Waals surface area contributed by atoms with Gasteiger partial charge in [-0.15, -0.1) is 0 Å². The number of nitrogens with one attached hydrogen (secondary N) is 1. The van der Waals surface area contributed by atoms with E-state index in [1.165, 1.54) is 31.4 Å². The van der Waals surface area contributed by atoms with Crippen LogP contribution in [0.1, 0.15) is 10.4 Å². The van der Waals surface area contributed by atoms with Crippen molar-refractivity contribution in [3.8, 4) is 11.5 Å². The van der Waals surface area contributed by atoms with E-state index in [4.69, 9.17) is 16.3 Å². The molecule has 132 valence electrons. The third-order valence-corrected chi connectivity index (χ3v) is 3.36. The number of hydrogen-bond donors (Lipinski definition) is 1. The van der Waals surface area contributed by atoms with Gasteiger partial charge < -0.3 is 14.8 Å². The van der Waals surface area contributed by atoms with Crippen LogP contribution in [0, 0.1) is 10.1 Å². The monoisotopic (exact) mass is 372 g/mol. The molecule has 0 aliphatic heterocycles. The molecule has 1 N–H and O–H groups in total. The molecule has 0 aliphatic carbocycles. The van der Waals surface area contributed by atoms with Crippen molar-refractivity contribution in [3.63, 3.8) is 0 Å². The highest BCUT2D eigenvalue weighted by Gasteiger charge is 2.17. The molecule has 0 saturated carbocycles. The Bertz CT molecular complexity index is 817. The fourth-order valence-corrected chi connectivity index (χ4v) is 2.13. The normalized spacial score (nSPS) is 10.4. The number of hydrogen-bond acceptors (Lipinski definition) is 5. The average Bonchev–Trinajstić information content (AvgIpc) is 2.54. The zero-order chi connectivity index (χ0) is 18.6. The van der Waals surface area contributed by atoms with Gasteiger partial charge in [0, 0.05) is 23.4 Å². The van der Waals surface area contributed by atoms with E-state index in [0.29, 0.717) is 0 Å². The van der Waals surface area contributed by atoms with Gasteiger partial charge in [-0.2, -0.15) is 8.78 Å². The van der Waals surface area contributed by atoms with Crippen LogP contribution in [0.15, 0.2) is 36.4 Å². The third kappa shape index (κ3) is 4.54. The van der Waals surface area contributed by atoms with Crippen LogP contribution in [0.25, 0.3) is 0 Å².